The molecule has 0 fully saturated rings. The molecule has 0 bridgehead atoms. The van der Waals surface area contributed by atoms with Gasteiger partial charge in [-0.1, -0.05) is 19.0 Å². The first-order chi connectivity index (χ1) is 8.83. The smallest absolute Gasteiger partial charge is 0.274 e. The third kappa shape index (κ3) is 3.56. The third-order valence-electron chi connectivity index (χ3n) is 3.62. The van der Waals surface area contributed by atoms with Crippen LogP contribution in [0.3, 0.4) is 0 Å². The van der Waals surface area contributed by atoms with Gasteiger partial charge in [0.2, 0.25) is 0 Å². The van der Waals surface area contributed by atoms with Crippen LogP contribution >= 0.6 is 0 Å². The highest BCUT2D eigenvalue weighted by molar-refractivity contribution is 5.93. The molecule has 0 radical (unpaired) electrons. The van der Waals surface area contributed by atoms with Crippen LogP contribution in [-0.4, -0.2) is 29.2 Å². The normalized spacial score (nSPS) is 13.4. The molecule has 1 aromatic heterocycles. The van der Waals surface area contributed by atoms with E-state index < -0.39 is 0 Å². The lowest BCUT2D eigenvalue weighted by Crippen LogP contribution is -2.55. The first kappa shape index (κ1) is 15.7. The Morgan fingerprint density at radius 1 is 1.42 bits per heavy atom. The van der Waals surface area contributed by atoms with Gasteiger partial charge in [-0.15, -0.1) is 0 Å². The van der Waals surface area contributed by atoms with Crippen LogP contribution in [0.25, 0.3) is 0 Å². The Kier molecular flexibility index (Phi) is 5.11. The van der Waals surface area contributed by atoms with Crippen molar-refractivity contribution in [2.24, 2.45) is 0 Å². The number of nitrogens with zero attached hydrogens (tertiary/aromatic N) is 1. The van der Waals surface area contributed by atoms with Gasteiger partial charge in [0.1, 0.15) is 5.76 Å². The Morgan fingerprint density at radius 3 is 2.53 bits per heavy atom. The Hall–Kier alpha value is -1.36. The lowest BCUT2D eigenvalue weighted by molar-refractivity contribution is 0.0907. The minimum absolute atomic E-state index is 0.0128. The minimum atomic E-state index is -0.181. The van der Waals surface area contributed by atoms with E-state index in [1.807, 2.05) is 27.7 Å². The highest BCUT2D eigenvalue weighted by Crippen LogP contribution is 2.15. The second kappa shape index (κ2) is 6.19. The van der Waals surface area contributed by atoms with Crippen LogP contribution < -0.4 is 10.6 Å². The summed E-state index contributed by atoms with van der Waals surface area (Å²) in [6, 6.07) is -0.0128. The van der Waals surface area contributed by atoms with Crippen molar-refractivity contribution in [3.63, 3.8) is 0 Å². The summed E-state index contributed by atoms with van der Waals surface area (Å²) in [7, 11) is 0. The molecule has 0 saturated heterocycles. The van der Waals surface area contributed by atoms with Gasteiger partial charge in [0, 0.05) is 23.6 Å². The molecule has 0 spiro atoms. The molecule has 2 N–H and O–H groups in total. The average Bonchev–Trinajstić information content (AvgIpc) is 2.70. The molecule has 5 heteroatoms. The van der Waals surface area contributed by atoms with Gasteiger partial charge in [-0.2, -0.15) is 0 Å². The number of likely N-dealkylation sites (N-methyl/N-ethyl adjacent to an activating group) is 1. The third-order valence-corrected chi connectivity index (χ3v) is 3.62. The Bertz CT molecular complexity index is 438. The van der Waals surface area contributed by atoms with Crippen LogP contribution in [0.1, 0.15) is 56.4 Å². The molecule has 19 heavy (non-hydrogen) atoms. The maximum Gasteiger partial charge on any atom is 0.274 e. The molecular formula is C14H25N3O2. The molecule has 1 aromatic rings. The van der Waals surface area contributed by atoms with Crippen molar-refractivity contribution in [3.8, 4) is 0 Å². The van der Waals surface area contributed by atoms with E-state index in [0.717, 1.165) is 24.3 Å². The van der Waals surface area contributed by atoms with Crippen molar-refractivity contribution < 1.29 is 9.32 Å². The Balaban J connectivity index is 2.77. The van der Waals surface area contributed by atoms with Crippen molar-refractivity contribution in [3.05, 3.63) is 17.0 Å². The first-order valence-electron chi connectivity index (χ1n) is 6.84. The highest BCUT2D eigenvalue weighted by Gasteiger charge is 2.28. The molecule has 5 nitrogen and oxygen atoms in total. The van der Waals surface area contributed by atoms with Gasteiger partial charge < -0.3 is 15.2 Å². The van der Waals surface area contributed by atoms with Crippen LogP contribution in [0.15, 0.2) is 4.52 Å². The summed E-state index contributed by atoms with van der Waals surface area (Å²) in [5.74, 6) is 0.586. The Morgan fingerprint density at radius 2 is 2.05 bits per heavy atom. The van der Waals surface area contributed by atoms with Gasteiger partial charge >= 0.3 is 0 Å². The number of rotatable bonds is 6. The standard InChI is InChI=1S/C14H25N3O2/c1-7-11-9(3)12(17-19-11)13(18)16-10(4)14(5,6)15-8-2/h10,15H,7-8H2,1-6H3,(H,16,18). The van der Waals surface area contributed by atoms with Gasteiger partial charge in [0.05, 0.1) is 0 Å². The summed E-state index contributed by atoms with van der Waals surface area (Å²) in [5, 5.41) is 10.2. The zero-order chi connectivity index (χ0) is 14.6. The zero-order valence-corrected chi connectivity index (χ0v) is 12.8. The Labute approximate surface area is 115 Å². The highest BCUT2D eigenvalue weighted by atomic mass is 16.5. The van der Waals surface area contributed by atoms with Crippen LogP contribution in [0.5, 0.6) is 0 Å². The molecule has 1 atom stereocenters. The quantitative estimate of drug-likeness (QED) is 0.828. The number of nitrogens with one attached hydrogen (secondary N) is 2. The second-order valence-electron chi connectivity index (χ2n) is 5.38. The second-order valence-corrected chi connectivity index (χ2v) is 5.38. The average molecular weight is 267 g/mol. The van der Waals surface area contributed by atoms with E-state index in [-0.39, 0.29) is 17.5 Å². The predicted octanol–water partition coefficient (Wildman–Crippen LogP) is 2.05. The predicted molar refractivity (Wildman–Crippen MR) is 75.3 cm³/mol. The summed E-state index contributed by atoms with van der Waals surface area (Å²) >= 11 is 0. The minimum Gasteiger partial charge on any atom is -0.360 e. The summed E-state index contributed by atoms with van der Waals surface area (Å²) in [6.45, 7) is 12.9. The van der Waals surface area contributed by atoms with E-state index in [4.69, 9.17) is 4.52 Å². The lowest BCUT2D eigenvalue weighted by Gasteiger charge is -2.33. The molecule has 1 heterocycles. The van der Waals surface area contributed by atoms with Crippen molar-refractivity contribution in [2.45, 2.75) is 59.5 Å². The van der Waals surface area contributed by atoms with Crippen LogP contribution in [0.4, 0.5) is 0 Å². The molecule has 108 valence electrons. The number of aryl methyl sites for hydroxylation is 1. The van der Waals surface area contributed by atoms with Crippen molar-refractivity contribution in [1.29, 1.82) is 0 Å². The number of aromatic nitrogens is 1. The monoisotopic (exact) mass is 267 g/mol. The summed E-state index contributed by atoms with van der Waals surface area (Å²) in [6.07, 6.45) is 0.741. The van der Waals surface area contributed by atoms with E-state index in [2.05, 4.69) is 29.6 Å². The van der Waals surface area contributed by atoms with Gasteiger partial charge in [0.15, 0.2) is 5.69 Å². The fraction of sp³-hybridized carbons (Fsp3) is 0.714. The van der Waals surface area contributed by atoms with Crippen molar-refractivity contribution in [1.82, 2.24) is 15.8 Å². The van der Waals surface area contributed by atoms with E-state index in [1.54, 1.807) is 0 Å². The molecule has 1 amide bonds. The van der Waals surface area contributed by atoms with E-state index in [1.165, 1.54) is 0 Å². The van der Waals surface area contributed by atoms with Gasteiger partial charge in [-0.25, -0.2) is 0 Å². The molecule has 0 saturated carbocycles. The van der Waals surface area contributed by atoms with Crippen LogP contribution in [0, 0.1) is 6.92 Å². The maximum atomic E-state index is 12.2. The van der Waals surface area contributed by atoms with Crippen molar-refractivity contribution in [2.75, 3.05) is 6.54 Å². The molecule has 1 rings (SSSR count). The SMILES string of the molecule is CCNC(C)(C)C(C)NC(=O)c1noc(CC)c1C. The fourth-order valence-corrected chi connectivity index (χ4v) is 1.97. The summed E-state index contributed by atoms with van der Waals surface area (Å²) in [5.41, 5.74) is 1.04. The lowest BCUT2D eigenvalue weighted by atomic mass is 9.95. The molecule has 0 aromatic carbocycles. The van der Waals surface area contributed by atoms with Crippen LogP contribution in [-0.2, 0) is 6.42 Å². The van der Waals surface area contributed by atoms with Gasteiger partial charge in [0.25, 0.3) is 5.91 Å². The number of carbonyl (C=O) groups excluding carboxylic acids is 1. The maximum absolute atomic E-state index is 12.2. The zero-order valence-electron chi connectivity index (χ0n) is 12.8. The summed E-state index contributed by atoms with van der Waals surface area (Å²) < 4.78 is 5.15. The fourth-order valence-electron chi connectivity index (χ4n) is 1.97. The molecule has 0 aliphatic heterocycles. The molecule has 0 aliphatic rings. The summed E-state index contributed by atoms with van der Waals surface area (Å²) in [4.78, 5) is 12.2. The largest absolute Gasteiger partial charge is 0.360 e. The number of amides is 1. The van der Waals surface area contributed by atoms with Crippen molar-refractivity contribution >= 4 is 5.91 Å². The van der Waals surface area contributed by atoms with Gasteiger partial charge in [-0.3, -0.25) is 4.79 Å². The number of carbonyl (C=O) groups is 1. The first-order valence-corrected chi connectivity index (χ1v) is 6.84. The van der Waals surface area contributed by atoms with E-state index in [0.29, 0.717) is 5.69 Å². The molecule has 0 aliphatic carbocycles. The number of hydrogen-bond donors (Lipinski definition) is 2. The van der Waals surface area contributed by atoms with Crippen LogP contribution in [0.2, 0.25) is 0 Å². The molecular weight excluding hydrogens is 242 g/mol. The van der Waals surface area contributed by atoms with Gasteiger partial charge in [-0.05, 0) is 34.2 Å². The molecule has 1 unspecified atom stereocenters. The van der Waals surface area contributed by atoms with E-state index >= 15 is 0 Å². The topological polar surface area (TPSA) is 67.2 Å². The van der Waals surface area contributed by atoms with E-state index in [9.17, 15) is 4.79 Å². The number of hydrogen-bond acceptors (Lipinski definition) is 4.